The van der Waals surface area contributed by atoms with Crippen LogP contribution in [0.25, 0.3) is 0 Å². The van der Waals surface area contributed by atoms with Crippen molar-refractivity contribution in [2.75, 3.05) is 26.8 Å². The molecule has 0 bridgehead atoms. The van der Waals surface area contributed by atoms with Crippen molar-refractivity contribution in [1.82, 2.24) is 19.6 Å². The number of hydrogen-bond acceptors (Lipinski definition) is 7. The van der Waals surface area contributed by atoms with Gasteiger partial charge < -0.3 is 23.5 Å². The van der Waals surface area contributed by atoms with Crippen molar-refractivity contribution in [1.29, 1.82) is 0 Å². The highest BCUT2D eigenvalue weighted by Crippen LogP contribution is 2.11. The van der Waals surface area contributed by atoms with Crippen LogP contribution in [0.3, 0.4) is 0 Å². The Bertz CT molecular complexity index is 815. The number of aryl methyl sites for hydroxylation is 1. The predicted molar refractivity (Wildman–Crippen MR) is 91.0 cm³/mol. The second kappa shape index (κ2) is 8.13. The summed E-state index contributed by atoms with van der Waals surface area (Å²) < 4.78 is 17.2. The van der Waals surface area contributed by atoms with Gasteiger partial charge in [0.15, 0.2) is 11.6 Å². The summed E-state index contributed by atoms with van der Waals surface area (Å²) in [7, 11) is 1.43. The molecule has 3 heterocycles. The Morgan fingerprint density at radius 1 is 1.46 bits per heavy atom. The maximum Gasteiger partial charge on any atom is 0.293 e. The standard InChI is InChI=1S/C17H22N4O5/c1-3-15-18-14(19-26-15)9-12-10-20(7-8-25-12)16(22)11-21-6-4-5-13(24-2)17(21)23/h4-6,12H,3,7-11H2,1-2H3/t12-/m1/s1. The van der Waals surface area contributed by atoms with Crippen LogP contribution in [0.1, 0.15) is 18.6 Å². The molecule has 1 fully saturated rings. The first-order chi connectivity index (χ1) is 12.6. The maximum absolute atomic E-state index is 12.6. The van der Waals surface area contributed by atoms with Crippen molar-refractivity contribution >= 4 is 5.91 Å². The van der Waals surface area contributed by atoms with E-state index < -0.39 is 0 Å². The lowest BCUT2D eigenvalue weighted by Crippen LogP contribution is -2.48. The number of aromatic nitrogens is 3. The van der Waals surface area contributed by atoms with Gasteiger partial charge in [0.1, 0.15) is 6.54 Å². The Hall–Kier alpha value is -2.68. The molecule has 26 heavy (non-hydrogen) atoms. The summed E-state index contributed by atoms with van der Waals surface area (Å²) in [4.78, 5) is 30.7. The molecule has 0 saturated carbocycles. The van der Waals surface area contributed by atoms with Crippen LogP contribution >= 0.6 is 0 Å². The molecule has 9 nitrogen and oxygen atoms in total. The fourth-order valence-electron chi connectivity index (χ4n) is 2.83. The summed E-state index contributed by atoms with van der Waals surface area (Å²) in [5.74, 6) is 1.23. The highest BCUT2D eigenvalue weighted by atomic mass is 16.5. The molecule has 0 spiro atoms. The van der Waals surface area contributed by atoms with Crippen LogP contribution in [-0.4, -0.2) is 58.4 Å². The Morgan fingerprint density at radius 3 is 3.04 bits per heavy atom. The largest absolute Gasteiger partial charge is 0.491 e. The SMILES string of the molecule is CCc1nc(C[C@@H]2CN(C(=O)Cn3cccc(OC)c3=O)CCO2)no1. The summed E-state index contributed by atoms with van der Waals surface area (Å²) in [6.45, 7) is 3.25. The molecule has 2 aromatic heterocycles. The Morgan fingerprint density at radius 2 is 2.31 bits per heavy atom. The predicted octanol–water partition coefficient (Wildman–Crippen LogP) is 0.272. The number of carbonyl (C=O) groups is 1. The van der Waals surface area contributed by atoms with E-state index in [0.29, 0.717) is 44.3 Å². The van der Waals surface area contributed by atoms with Gasteiger partial charge in [-0.1, -0.05) is 12.1 Å². The molecule has 9 heteroatoms. The van der Waals surface area contributed by atoms with E-state index in [9.17, 15) is 9.59 Å². The van der Waals surface area contributed by atoms with Gasteiger partial charge in [-0.2, -0.15) is 4.98 Å². The summed E-state index contributed by atoms with van der Waals surface area (Å²) >= 11 is 0. The molecular formula is C17H22N4O5. The lowest BCUT2D eigenvalue weighted by atomic mass is 10.2. The molecule has 1 aliphatic heterocycles. The molecule has 0 N–H and O–H groups in total. The van der Waals surface area contributed by atoms with Crippen LogP contribution in [-0.2, 0) is 28.9 Å². The first kappa shape index (κ1) is 18.1. The van der Waals surface area contributed by atoms with Crippen molar-refractivity contribution in [2.24, 2.45) is 0 Å². The maximum atomic E-state index is 12.6. The first-order valence-electron chi connectivity index (χ1n) is 8.55. The van der Waals surface area contributed by atoms with Crippen molar-refractivity contribution < 1.29 is 18.8 Å². The normalized spacial score (nSPS) is 17.3. The van der Waals surface area contributed by atoms with Crippen LogP contribution in [0.5, 0.6) is 5.75 Å². The van der Waals surface area contributed by atoms with Gasteiger partial charge in [-0.3, -0.25) is 9.59 Å². The summed E-state index contributed by atoms with van der Waals surface area (Å²) in [6.07, 6.45) is 2.54. The monoisotopic (exact) mass is 362 g/mol. The van der Waals surface area contributed by atoms with Crippen molar-refractivity contribution in [3.05, 3.63) is 40.4 Å². The number of hydrogen-bond donors (Lipinski definition) is 0. The summed E-state index contributed by atoms with van der Waals surface area (Å²) in [5.41, 5.74) is -0.327. The zero-order chi connectivity index (χ0) is 18.5. The number of carbonyl (C=O) groups excluding carboxylic acids is 1. The molecule has 0 unspecified atom stereocenters. The van der Waals surface area contributed by atoms with Crippen LogP contribution in [0.15, 0.2) is 27.6 Å². The van der Waals surface area contributed by atoms with Crippen LogP contribution in [0, 0.1) is 0 Å². The third-order valence-corrected chi connectivity index (χ3v) is 4.23. The van der Waals surface area contributed by atoms with Crippen LogP contribution < -0.4 is 10.3 Å². The zero-order valence-corrected chi connectivity index (χ0v) is 14.9. The molecule has 2 aromatic rings. The summed E-state index contributed by atoms with van der Waals surface area (Å²) in [5, 5.41) is 3.92. The highest BCUT2D eigenvalue weighted by Gasteiger charge is 2.26. The minimum Gasteiger partial charge on any atom is -0.491 e. The Balaban J connectivity index is 1.62. The Kier molecular flexibility index (Phi) is 5.67. The topological polar surface area (TPSA) is 99.7 Å². The number of methoxy groups -OCH3 is 1. The first-order valence-corrected chi connectivity index (χ1v) is 8.55. The molecule has 1 atom stereocenters. The third-order valence-electron chi connectivity index (χ3n) is 4.23. The average Bonchev–Trinajstić information content (AvgIpc) is 3.11. The van der Waals surface area contributed by atoms with E-state index in [2.05, 4.69) is 10.1 Å². The molecule has 1 aliphatic rings. The molecule has 3 rings (SSSR count). The molecular weight excluding hydrogens is 340 g/mol. The third kappa shape index (κ3) is 4.10. The Labute approximate surface area is 150 Å². The van der Waals surface area contributed by atoms with E-state index in [-0.39, 0.29) is 29.9 Å². The van der Waals surface area contributed by atoms with Crippen molar-refractivity contribution in [2.45, 2.75) is 32.4 Å². The lowest BCUT2D eigenvalue weighted by molar-refractivity contribution is -0.139. The lowest BCUT2D eigenvalue weighted by Gasteiger charge is -2.32. The molecule has 1 saturated heterocycles. The fraction of sp³-hybridized carbons (Fsp3) is 0.529. The number of pyridine rings is 1. The van der Waals surface area contributed by atoms with Gasteiger partial charge in [-0.15, -0.1) is 0 Å². The average molecular weight is 362 g/mol. The van der Waals surface area contributed by atoms with E-state index in [1.54, 1.807) is 23.2 Å². The van der Waals surface area contributed by atoms with Gasteiger partial charge >= 0.3 is 0 Å². The number of nitrogens with zero attached hydrogens (tertiary/aromatic N) is 4. The van der Waals surface area contributed by atoms with E-state index in [1.807, 2.05) is 6.92 Å². The van der Waals surface area contributed by atoms with Crippen LogP contribution in [0.4, 0.5) is 0 Å². The minimum atomic E-state index is -0.327. The highest BCUT2D eigenvalue weighted by molar-refractivity contribution is 5.76. The zero-order valence-electron chi connectivity index (χ0n) is 14.9. The molecule has 0 aliphatic carbocycles. The molecule has 0 aromatic carbocycles. The second-order valence-electron chi connectivity index (χ2n) is 6.00. The fourth-order valence-corrected chi connectivity index (χ4v) is 2.83. The number of amides is 1. The summed E-state index contributed by atoms with van der Waals surface area (Å²) in [6, 6.07) is 3.25. The molecule has 0 radical (unpaired) electrons. The van der Waals surface area contributed by atoms with E-state index in [4.69, 9.17) is 14.0 Å². The molecule has 140 valence electrons. The number of morpholine rings is 1. The van der Waals surface area contributed by atoms with Gasteiger partial charge in [0, 0.05) is 32.1 Å². The van der Waals surface area contributed by atoms with Gasteiger partial charge in [-0.25, -0.2) is 0 Å². The van der Waals surface area contributed by atoms with Gasteiger partial charge in [0.2, 0.25) is 11.8 Å². The van der Waals surface area contributed by atoms with Crippen LogP contribution in [0.2, 0.25) is 0 Å². The second-order valence-corrected chi connectivity index (χ2v) is 6.00. The quantitative estimate of drug-likeness (QED) is 0.727. The van der Waals surface area contributed by atoms with E-state index in [0.717, 1.165) is 0 Å². The van der Waals surface area contributed by atoms with Gasteiger partial charge in [-0.05, 0) is 12.1 Å². The van der Waals surface area contributed by atoms with Crippen molar-refractivity contribution in [3.8, 4) is 5.75 Å². The van der Waals surface area contributed by atoms with Gasteiger partial charge in [0.05, 0.1) is 19.8 Å². The van der Waals surface area contributed by atoms with E-state index in [1.165, 1.54) is 11.7 Å². The van der Waals surface area contributed by atoms with Gasteiger partial charge in [0.25, 0.3) is 5.56 Å². The minimum absolute atomic E-state index is 0.0368. The van der Waals surface area contributed by atoms with Crippen molar-refractivity contribution in [3.63, 3.8) is 0 Å². The smallest absolute Gasteiger partial charge is 0.293 e. The van der Waals surface area contributed by atoms with E-state index >= 15 is 0 Å². The molecule has 1 amide bonds. The number of rotatable bonds is 6. The number of ether oxygens (including phenoxy) is 2.